The third-order valence-corrected chi connectivity index (χ3v) is 4.87. The van der Waals surface area contributed by atoms with Crippen molar-refractivity contribution in [1.29, 1.82) is 0 Å². The molecule has 0 radical (unpaired) electrons. The van der Waals surface area contributed by atoms with Gasteiger partial charge in [0.05, 0.1) is 6.61 Å². The molecule has 3 aromatic rings. The van der Waals surface area contributed by atoms with E-state index in [1.165, 1.54) is 11.8 Å². The van der Waals surface area contributed by atoms with Crippen LogP contribution in [0, 0.1) is 0 Å². The molecular formula is C19H19ClN4O2S. The summed E-state index contributed by atoms with van der Waals surface area (Å²) in [6.45, 7) is 2.55. The van der Waals surface area contributed by atoms with Gasteiger partial charge in [-0.1, -0.05) is 35.5 Å². The van der Waals surface area contributed by atoms with E-state index in [1.807, 2.05) is 60.0 Å². The Morgan fingerprint density at radius 2 is 2.00 bits per heavy atom. The third-order valence-electron chi connectivity index (χ3n) is 3.70. The quantitative estimate of drug-likeness (QED) is 0.576. The Labute approximate surface area is 166 Å². The highest BCUT2D eigenvalue weighted by Gasteiger charge is 2.16. The second-order valence-electron chi connectivity index (χ2n) is 5.64. The molecule has 1 amide bonds. The van der Waals surface area contributed by atoms with Crippen LogP contribution >= 0.6 is 23.4 Å². The maximum absolute atomic E-state index is 11.0. The number of amides is 1. The molecule has 0 aliphatic rings. The van der Waals surface area contributed by atoms with Crippen LogP contribution in [0.25, 0.3) is 17.1 Å². The van der Waals surface area contributed by atoms with E-state index in [0.717, 1.165) is 17.0 Å². The lowest BCUT2D eigenvalue weighted by Gasteiger charge is -2.11. The maximum Gasteiger partial charge on any atom is 0.218 e. The molecule has 0 unspecified atom stereocenters. The number of primary amides is 1. The van der Waals surface area contributed by atoms with Gasteiger partial charge in [0.1, 0.15) is 5.75 Å². The first kappa shape index (κ1) is 19.3. The zero-order chi connectivity index (χ0) is 19.2. The van der Waals surface area contributed by atoms with Crippen molar-refractivity contribution in [3.63, 3.8) is 0 Å². The molecule has 8 heteroatoms. The number of benzene rings is 2. The normalized spacial score (nSPS) is 10.7. The van der Waals surface area contributed by atoms with E-state index in [0.29, 0.717) is 28.4 Å². The molecule has 0 bridgehead atoms. The first-order valence-electron chi connectivity index (χ1n) is 8.44. The van der Waals surface area contributed by atoms with Gasteiger partial charge in [-0.3, -0.25) is 9.36 Å². The first-order valence-corrected chi connectivity index (χ1v) is 9.80. The standard InChI is InChI=1S/C19H19ClN4O2S/c1-2-26-16-8-6-15(7-9-16)24-18(13-4-3-5-14(20)12-13)22-23-19(24)27-11-10-17(21)25/h3-9,12H,2,10-11H2,1H3,(H2,21,25). The summed E-state index contributed by atoms with van der Waals surface area (Å²) in [5.41, 5.74) is 6.98. The van der Waals surface area contributed by atoms with Crippen molar-refractivity contribution in [2.45, 2.75) is 18.5 Å². The van der Waals surface area contributed by atoms with Crippen LogP contribution in [0.4, 0.5) is 0 Å². The van der Waals surface area contributed by atoms with Gasteiger partial charge in [-0.2, -0.15) is 0 Å². The van der Waals surface area contributed by atoms with Gasteiger partial charge >= 0.3 is 0 Å². The Bertz CT molecular complexity index is 928. The summed E-state index contributed by atoms with van der Waals surface area (Å²) in [6, 6.07) is 15.1. The van der Waals surface area contributed by atoms with Gasteiger partial charge in [-0.15, -0.1) is 10.2 Å². The van der Waals surface area contributed by atoms with E-state index in [4.69, 9.17) is 22.1 Å². The van der Waals surface area contributed by atoms with Crippen molar-refractivity contribution in [3.8, 4) is 22.8 Å². The van der Waals surface area contributed by atoms with Gasteiger partial charge in [-0.05, 0) is 43.3 Å². The third kappa shape index (κ3) is 4.81. The lowest BCUT2D eigenvalue weighted by atomic mass is 10.2. The number of aromatic nitrogens is 3. The lowest BCUT2D eigenvalue weighted by molar-refractivity contribution is -0.117. The summed E-state index contributed by atoms with van der Waals surface area (Å²) in [6.07, 6.45) is 0.271. The number of nitrogens with zero attached hydrogens (tertiary/aromatic N) is 3. The maximum atomic E-state index is 11.0. The highest BCUT2D eigenvalue weighted by atomic mass is 35.5. The van der Waals surface area contributed by atoms with Crippen LogP contribution in [0.15, 0.2) is 53.7 Å². The van der Waals surface area contributed by atoms with E-state index in [1.54, 1.807) is 0 Å². The molecule has 0 saturated carbocycles. The zero-order valence-electron chi connectivity index (χ0n) is 14.8. The first-order chi connectivity index (χ1) is 13.1. The number of ether oxygens (including phenoxy) is 1. The number of hydrogen-bond acceptors (Lipinski definition) is 5. The summed E-state index contributed by atoms with van der Waals surface area (Å²) in [5, 5.41) is 9.95. The average Bonchev–Trinajstić information content (AvgIpc) is 3.06. The van der Waals surface area contributed by atoms with E-state index in [-0.39, 0.29) is 12.3 Å². The molecule has 0 fully saturated rings. The summed E-state index contributed by atoms with van der Waals surface area (Å²) in [7, 11) is 0. The van der Waals surface area contributed by atoms with Gasteiger partial charge in [0, 0.05) is 28.4 Å². The molecule has 6 nitrogen and oxygen atoms in total. The second-order valence-corrected chi connectivity index (χ2v) is 7.14. The Hall–Kier alpha value is -2.51. The van der Waals surface area contributed by atoms with Gasteiger partial charge in [0.25, 0.3) is 0 Å². The smallest absolute Gasteiger partial charge is 0.218 e. The predicted octanol–water partition coefficient (Wildman–Crippen LogP) is 3.95. The van der Waals surface area contributed by atoms with E-state index in [2.05, 4.69) is 10.2 Å². The van der Waals surface area contributed by atoms with Crippen LogP contribution in [0.1, 0.15) is 13.3 Å². The molecule has 27 heavy (non-hydrogen) atoms. The number of nitrogens with two attached hydrogens (primary N) is 1. The van der Waals surface area contributed by atoms with Crippen molar-refractivity contribution in [1.82, 2.24) is 14.8 Å². The largest absolute Gasteiger partial charge is 0.494 e. The molecule has 0 atom stereocenters. The molecular weight excluding hydrogens is 384 g/mol. The van der Waals surface area contributed by atoms with Gasteiger partial charge < -0.3 is 10.5 Å². The van der Waals surface area contributed by atoms with Gasteiger partial charge in [-0.25, -0.2) is 0 Å². The topological polar surface area (TPSA) is 83.0 Å². The monoisotopic (exact) mass is 402 g/mol. The number of carbonyl (C=O) groups is 1. The fourth-order valence-corrected chi connectivity index (χ4v) is 3.61. The Balaban J connectivity index is 2.01. The molecule has 0 aliphatic heterocycles. The van der Waals surface area contributed by atoms with Crippen molar-refractivity contribution in [2.24, 2.45) is 5.73 Å². The summed E-state index contributed by atoms with van der Waals surface area (Å²) in [5.74, 6) is 1.65. The van der Waals surface area contributed by atoms with Crippen molar-refractivity contribution < 1.29 is 9.53 Å². The van der Waals surface area contributed by atoms with Gasteiger partial charge in [0.2, 0.25) is 5.91 Å². The molecule has 3 rings (SSSR count). The van der Waals surface area contributed by atoms with Crippen LogP contribution in [-0.4, -0.2) is 33.0 Å². The number of halogens is 1. The highest BCUT2D eigenvalue weighted by molar-refractivity contribution is 7.99. The van der Waals surface area contributed by atoms with Crippen molar-refractivity contribution in [3.05, 3.63) is 53.6 Å². The molecule has 1 heterocycles. The highest BCUT2D eigenvalue weighted by Crippen LogP contribution is 2.30. The fourth-order valence-electron chi connectivity index (χ4n) is 2.51. The molecule has 140 valence electrons. The molecule has 1 aromatic heterocycles. The predicted molar refractivity (Wildman–Crippen MR) is 108 cm³/mol. The second kappa shape index (κ2) is 8.92. The minimum absolute atomic E-state index is 0.271. The molecule has 0 spiro atoms. The minimum atomic E-state index is -0.343. The number of carbonyl (C=O) groups excluding carboxylic acids is 1. The number of hydrogen-bond donors (Lipinski definition) is 1. The van der Waals surface area contributed by atoms with E-state index >= 15 is 0 Å². The lowest BCUT2D eigenvalue weighted by Crippen LogP contribution is -2.11. The molecule has 0 saturated heterocycles. The number of rotatable bonds is 8. The fraction of sp³-hybridized carbons (Fsp3) is 0.211. The molecule has 2 aromatic carbocycles. The zero-order valence-corrected chi connectivity index (χ0v) is 16.3. The van der Waals surface area contributed by atoms with Crippen LogP contribution in [0.3, 0.4) is 0 Å². The van der Waals surface area contributed by atoms with Crippen LogP contribution in [0.2, 0.25) is 5.02 Å². The number of thioether (sulfide) groups is 1. The molecule has 2 N–H and O–H groups in total. The van der Waals surface area contributed by atoms with E-state index in [9.17, 15) is 4.79 Å². The van der Waals surface area contributed by atoms with E-state index < -0.39 is 0 Å². The van der Waals surface area contributed by atoms with Crippen LogP contribution in [-0.2, 0) is 4.79 Å². The summed E-state index contributed by atoms with van der Waals surface area (Å²) in [4.78, 5) is 11.0. The minimum Gasteiger partial charge on any atom is -0.494 e. The Kier molecular flexibility index (Phi) is 6.36. The summed E-state index contributed by atoms with van der Waals surface area (Å²) < 4.78 is 7.45. The Morgan fingerprint density at radius 1 is 1.22 bits per heavy atom. The average molecular weight is 403 g/mol. The summed E-state index contributed by atoms with van der Waals surface area (Å²) >= 11 is 7.57. The van der Waals surface area contributed by atoms with Crippen LogP contribution in [0.5, 0.6) is 5.75 Å². The van der Waals surface area contributed by atoms with Crippen molar-refractivity contribution in [2.75, 3.05) is 12.4 Å². The van der Waals surface area contributed by atoms with Crippen molar-refractivity contribution >= 4 is 29.3 Å². The SMILES string of the molecule is CCOc1ccc(-n2c(SCCC(N)=O)nnc2-c2cccc(Cl)c2)cc1. The Morgan fingerprint density at radius 3 is 2.67 bits per heavy atom. The van der Waals surface area contributed by atoms with Crippen LogP contribution < -0.4 is 10.5 Å². The molecule has 0 aliphatic carbocycles. The van der Waals surface area contributed by atoms with Gasteiger partial charge in [0.15, 0.2) is 11.0 Å².